The molecule has 0 atom stereocenters. The Balaban J connectivity index is 1.98. The number of nitrogens with one attached hydrogen (secondary N) is 1. The second-order valence-electron chi connectivity index (χ2n) is 6.13. The molecular weight excluding hydrogens is 340 g/mol. The Morgan fingerprint density at radius 3 is 2.44 bits per heavy atom. The molecule has 25 heavy (non-hydrogen) atoms. The molecule has 1 heterocycles. The number of aryl methyl sites for hydroxylation is 2. The standard InChI is InChI=1S/C18H20N2O4S/c1-12-8-13(2)10-15(9-12)19-25(22,23)16-4-5-18-17(11-16)20(14(3)21)6-7-24-18/h4-5,8-11,19H,6-7H2,1-3H3. The van der Waals surface area contributed by atoms with Crippen LogP contribution in [-0.4, -0.2) is 27.5 Å². The van der Waals surface area contributed by atoms with Gasteiger partial charge in [0.25, 0.3) is 10.0 Å². The van der Waals surface area contributed by atoms with Gasteiger partial charge in [-0.05, 0) is 55.3 Å². The number of hydrogen-bond donors (Lipinski definition) is 1. The Bertz CT molecular complexity index is 918. The zero-order valence-electron chi connectivity index (χ0n) is 14.4. The van der Waals surface area contributed by atoms with E-state index in [-0.39, 0.29) is 10.8 Å². The molecule has 1 aliphatic rings. The van der Waals surface area contributed by atoms with Crippen molar-refractivity contribution in [1.29, 1.82) is 0 Å². The fraction of sp³-hybridized carbons (Fsp3) is 0.278. The zero-order valence-corrected chi connectivity index (χ0v) is 15.2. The van der Waals surface area contributed by atoms with Gasteiger partial charge in [-0.2, -0.15) is 0 Å². The van der Waals surface area contributed by atoms with Gasteiger partial charge in [0.15, 0.2) is 0 Å². The number of carbonyl (C=O) groups is 1. The molecule has 1 N–H and O–H groups in total. The maximum absolute atomic E-state index is 12.7. The Kier molecular flexibility index (Phi) is 4.43. The number of fused-ring (bicyclic) bond motifs is 1. The van der Waals surface area contributed by atoms with Gasteiger partial charge >= 0.3 is 0 Å². The fourth-order valence-corrected chi connectivity index (χ4v) is 4.00. The van der Waals surface area contributed by atoms with Crippen LogP contribution in [0.1, 0.15) is 18.1 Å². The van der Waals surface area contributed by atoms with E-state index in [1.54, 1.807) is 18.2 Å². The van der Waals surface area contributed by atoms with Crippen LogP contribution in [0.25, 0.3) is 0 Å². The van der Waals surface area contributed by atoms with E-state index in [0.29, 0.717) is 30.3 Å². The average Bonchev–Trinajstić information content (AvgIpc) is 2.52. The van der Waals surface area contributed by atoms with Crippen LogP contribution in [0.3, 0.4) is 0 Å². The number of carbonyl (C=O) groups excluding carboxylic acids is 1. The van der Waals surface area contributed by atoms with E-state index < -0.39 is 10.0 Å². The zero-order chi connectivity index (χ0) is 18.2. The molecule has 2 aromatic carbocycles. The Labute approximate surface area is 147 Å². The predicted molar refractivity (Wildman–Crippen MR) is 96.7 cm³/mol. The molecule has 0 radical (unpaired) electrons. The van der Waals surface area contributed by atoms with E-state index in [2.05, 4.69) is 4.72 Å². The first-order valence-electron chi connectivity index (χ1n) is 7.92. The third kappa shape index (κ3) is 3.61. The molecule has 0 fully saturated rings. The van der Waals surface area contributed by atoms with Gasteiger partial charge < -0.3 is 9.64 Å². The predicted octanol–water partition coefficient (Wildman–Crippen LogP) is 2.85. The van der Waals surface area contributed by atoms with E-state index >= 15 is 0 Å². The summed E-state index contributed by atoms with van der Waals surface area (Å²) in [6.45, 7) is 6.05. The van der Waals surface area contributed by atoms with Gasteiger partial charge in [-0.3, -0.25) is 9.52 Å². The highest BCUT2D eigenvalue weighted by atomic mass is 32.2. The molecule has 0 bridgehead atoms. The monoisotopic (exact) mass is 360 g/mol. The number of rotatable bonds is 3. The Morgan fingerprint density at radius 2 is 1.80 bits per heavy atom. The lowest BCUT2D eigenvalue weighted by atomic mass is 10.1. The summed E-state index contributed by atoms with van der Waals surface area (Å²) in [6.07, 6.45) is 0. The van der Waals surface area contributed by atoms with Crippen LogP contribution < -0.4 is 14.4 Å². The minimum atomic E-state index is -3.77. The molecule has 0 aromatic heterocycles. The highest BCUT2D eigenvalue weighted by Gasteiger charge is 2.24. The first-order valence-corrected chi connectivity index (χ1v) is 9.41. The number of sulfonamides is 1. The summed E-state index contributed by atoms with van der Waals surface area (Å²) < 4.78 is 33.6. The smallest absolute Gasteiger partial charge is 0.261 e. The van der Waals surface area contributed by atoms with E-state index in [1.165, 1.54) is 24.0 Å². The maximum atomic E-state index is 12.7. The molecule has 6 nitrogen and oxygen atoms in total. The maximum Gasteiger partial charge on any atom is 0.261 e. The average molecular weight is 360 g/mol. The quantitative estimate of drug-likeness (QED) is 0.913. The number of amides is 1. The molecule has 0 unspecified atom stereocenters. The van der Waals surface area contributed by atoms with Crippen LogP contribution in [0.4, 0.5) is 11.4 Å². The lowest BCUT2D eigenvalue weighted by molar-refractivity contribution is -0.116. The minimum Gasteiger partial charge on any atom is -0.490 e. The van der Waals surface area contributed by atoms with E-state index in [9.17, 15) is 13.2 Å². The van der Waals surface area contributed by atoms with Crippen molar-refractivity contribution in [2.45, 2.75) is 25.7 Å². The van der Waals surface area contributed by atoms with Crippen molar-refractivity contribution in [2.75, 3.05) is 22.8 Å². The van der Waals surface area contributed by atoms with Crippen molar-refractivity contribution in [1.82, 2.24) is 0 Å². The van der Waals surface area contributed by atoms with Crippen LogP contribution in [0.5, 0.6) is 5.75 Å². The number of nitrogens with zero attached hydrogens (tertiary/aromatic N) is 1. The third-order valence-electron chi connectivity index (χ3n) is 3.96. The highest BCUT2D eigenvalue weighted by Crippen LogP contribution is 2.34. The number of anilines is 2. The lowest BCUT2D eigenvalue weighted by Gasteiger charge is -2.29. The number of hydrogen-bond acceptors (Lipinski definition) is 4. The summed E-state index contributed by atoms with van der Waals surface area (Å²) in [5.41, 5.74) is 2.93. The number of ether oxygens (including phenoxy) is 1. The van der Waals surface area contributed by atoms with Crippen molar-refractivity contribution in [3.05, 3.63) is 47.5 Å². The summed E-state index contributed by atoms with van der Waals surface area (Å²) in [5.74, 6) is 0.355. The minimum absolute atomic E-state index is 0.0853. The first kappa shape index (κ1) is 17.3. The van der Waals surface area contributed by atoms with Crippen LogP contribution in [0.15, 0.2) is 41.3 Å². The molecule has 0 aliphatic carbocycles. The molecule has 0 saturated carbocycles. The van der Waals surface area contributed by atoms with E-state index in [4.69, 9.17) is 4.74 Å². The van der Waals surface area contributed by atoms with Gasteiger partial charge in [-0.1, -0.05) is 6.07 Å². The molecular formula is C18H20N2O4S. The van der Waals surface area contributed by atoms with Gasteiger partial charge in [-0.15, -0.1) is 0 Å². The van der Waals surface area contributed by atoms with Crippen molar-refractivity contribution in [3.63, 3.8) is 0 Å². The highest BCUT2D eigenvalue weighted by molar-refractivity contribution is 7.92. The Hall–Kier alpha value is -2.54. The topological polar surface area (TPSA) is 75.7 Å². The summed E-state index contributed by atoms with van der Waals surface area (Å²) >= 11 is 0. The first-order chi connectivity index (χ1) is 11.8. The van der Waals surface area contributed by atoms with Crippen molar-refractivity contribution in [2.24, 2.45) is 0 Å². The van der Waals surface area contributed by atoms with Crippen molar-refractivity contribution >= 4 is 27.3 Å². The van der Waals surface area contributed by atoms with Crippen LogP contribution in [0, 0.1) is 13.8 Å². The third-order valence-corrected chi connectivity index (χ3v) is 5.34. The van der Waals surface area contributed by atoms with E-state index in [0.717, 1.165) is 11.1 Å². The van der Waals surface area contributed by atoms with Crippen LogP contribution in [0.2, 0.25) is 0 Å². The number of benzene rings is 2. The molecule has 132 valence electrons. The largest absolute Gasteiger partial charge is 0.490 e. The lowest BCUT2D eigenvalue weighted by Crippen LogP contribution is -2.36. The SMILES string of the molecule is CC(=O)N1CCOc2ccc(S(=O)(=O)Nc3cc(C)cc(C)c3)cc21. The van der Waals surface area contributed by atoms with Gasteiger partial charge in [0, 0.05) is 12.6 Å². The van der Waals surface area contributed by atoms with Crippen molar-refractivity contribution in [3.8, 4) is 5.75 Å². The molecule has 2 aromatic rings. The Morgan fingerprint density at radius 1 is 1.12 bits per heavy atom. The second-order valence-corrected chi connectivity index (χ2v) is 7.81. The van der Waals surface area contributed by atoms with Gasteiger partial charge in [0.05, 0.1) is 17.1 Å². The summed E-state index contributed by atoms with van der Waals surface area (Å²) in [5, 5.41) is 0. The second kappa shape index (κ2) is 6.40. The molecule has 0 saturated heterocycles. The summed E-state index contributed by atoms with van der Waals surface area (Å²) in [6, 6.07) is 10.1. The summed E-state index contributed by atoms with van der Waals surface area (Å²) in [7, 11) is -3.77. The normalized spacial score (nSPS) is 13.8. The molecule has 0 spiro atoms. The molecule has 7 heteroatoms. The van der Waals surface area contributed by atoms with Crippen molar-refractivity contribution < 1.29 is 17.9 Å². The van der Waals surface area contributed by atoms with Crippen LogP contribution in [-0.2, 0) is 14.8 Å². The molecule has 1 aliphatic heterocycles. The van der Waals surface area contributed by atoms with Gasteiger partial charge in [-0.25, -0.2) is 8.42 Å². The van der Waals surface area contributed by atoms with Gasteiger partial charge in [0.1, 0.15) is 12.4 Å². The molecule has 1 amide bonds. The van der Waals surface area contributed by atoms with Crippen LogP contribution >= 0.6 is 0 Å². The van der Waals surface area contributed by atoms with E-state index in [1.807, 2.05) is 19.9 Å². The summed E-state index contributed by atoms with van der Waals surface area (Å²) in [4.78, 5) is 13.4. The van der Waals surface area contributed by atoms with Gasteiger partial charge in [0.2, 0.25) is 5.91 Å². The molecule has 3 rings (SSSR count). The fourth-order valence-electron chi connectivity index (χ4n) is 2.94.